The van der Waals surface area contributed by atoms with Crippen molar-refractivity contribution in [3.8, 4) is 0 Å². The van der Waals surface area contributed by atoms with E-state index in [1.54, 1.807) is 0 Å². The van der Waals surface area contributed by atoms with Gasteiger partial charge in [-0.15, -0.1) is 0 Å². The molecule has 1 aliphatic rings. The predicted octanol–water partition coefficient (Wildman–Crippen LogP) is 5.06. The first-order valence-corrected chi connectivity index (χ1v) is 7.99. The lowest BCUT2D eigenvalue weighted by atomic mass is 10.0. The molecule has 0 spiro atoms. The van der Waals surface area contributed by atoms with Gasteiger partial charge in [0.15, 0.2) is 0 Å². The van der Waals surface area contributed by atoms with Crippen molar-refractivity contribution in [2.24, 2.45) is 5.92 Å². The summed E-state index contributed by atoms with van der Waals surface area (Å²) in [7, 11) is 0. The van der Waals surface area contributed by atoms with E-state index in [0.717, 1.165) is 18.2 Å². The van der Waals surface area contributed by atoms with Gasteiger partial charge in [0.25, 0.3) is 0 Å². The average molecular weight is 313 g/mol. The van der Waals surface area contributed by atoms with Gasteiger partial charge in [-0.25, -0.2) is 8.78 Å². The molecule has 0 aromatic heterocycles. The summed E-state index contributed by atoms with van der Waals surface area (Å²) in [5.41, 5.74) is 2.41. The molecule has 0 aliphatic carbocycles. The Kier molecular flexibility index (Phi) is 4.58. The van der Waals surface area contributed by atoms with Crippen molar-refractivity contribution in [1.29, 1.82) is 0 Å². The van der Waals surface area contributed by atoms with Crippen molar-refractivity contribution in [1.82, 2.24) is 4.90 Å². The fraction of sp³-hybridized carbons (Fsp3) is 0.300. The van der Waals surface area contributed by atoms with Gasteiger partial charge in [0.1, 0.15) is 11.6 Å². The predicted molar refractivity (Wildman–Crippen MR) is 89.9 cm³/mol. The molecule has 0 radical (unpaired) electrons. The van der Waals surface area contributed by atoms with E-state index in [-0.39, 0.29) is 11.9 Å². The SMILES string of the molecule is CC(C)CN1CC(c2cc(F)ccc2F)=CC1c1ccccc1. The summed E-state index contributed by atoms with van der Waals surface area (Å²) in [5, 5.41) is 0. The Labute approximate surface area is 136 Å². The first kappa shape index (κ1) is 15.9. The lowest BCUT2D eigenvalue weighted by Gasteiger charge is -2.26. The number of nitrogens with zero attached hydrogens (tertiary/aromatic N) is 1. The van der Waals surface area contributed by atoms with Crippen LogP contribution in [0.3, 0.4) is 0 Å². The largest absolute Gasteiger partial charge is 0.288 e. The molecule has 1 atom stereocenters. The van der Waals surface area contributed by atoms with Crippen LogP contribution in [0, 0.1) is 17.6 Å². The molecular weight excluding hydrogens is 292 g/mol. The highest BCUT2D eigenvalue weighted by Crippen LogP contribution is 2.35. The molecule has 3 heteroatoms. The van der Waals surface area contributed by atoms with E-state index in [1.165, 1.54) is 17.7 Å². The number of rotatable bonds is 4. The maximum atomic E-state index is 14.1. The molecule has 0 amide bonds. The van der Waals surface area contributed by atoms with Gasteiger partial charge >= 0.3 is 0 Å². The summed E-state index contributed by atoms with van der Waals surface area (Å²) < 4.78 is 27.6. The van der Waals surface area contributed by atoms with Crippen LogP contribution in [0.15, 0.2) is 54.6 Å². The summed E-state index contributed by atoms with van der Waals surface area (Å²) >= 11 is 0. The zero-order chi connectivity index (χ0) is 16.4. The third-order valence-corrected chi connectivity index (χ3v) is 4.14. The van der Waals surface area contributed by atoms with Gasteiger partial charge in [0.2, 0.25) is 0 Å². The number of benzene rings is 2. The average Bonchev–Trinajstić information content (AvgIpc) is 2.93. The van der Waals surface area contributed by atoms with Crippen molar-refractivity contribution in [2.45, 2.75) is 19.9 Å². The van der Waals surface area contributed by atoms with Crippen molar-refractivity contribution in [3.05, 3.63) is 77.4 Å². The van der Waals surface area contributed by atoms with Crippen LogP contribution < -0.4 is 0 Å². The number of hydrogen-bond donors (Lipinski definition) is 0. The lowest BCUT2D eigenvalue weighted by Crippen LogP contribution is -2.28. The van der Waals surface area contributed by atoms with E-state index in [4.69, 9.17) is 0 Å². The van der Waals surface area contributed by atoms with Gasteiger partial charge in [-0.1, -0.05) is 50.3 Å². The smallest absolute Gasteiger partial charge is 0.130 e. The highest BCUT2D eigenvalue weighted by Gasteiger charge is 2.28. The molecule has 2 aromatic rings. The van der Waals surface area contributed by atoms with Crippen molar-refractivity contribution >= 4 is 5.57 Å². The van der Waals surface area contributed by atoms with Crippen LogP contribution in [0.5, 0.6) is 0 Å². The highest BCUT2D eigenvalue weighted by molar-refractivity contribution is 5.70. The second-order valence-electron chi connectivity index (χ2n) is 6.49. The normalized spacial score (nSPS) is 18.5. The maximum Gasteiger partial charge on any atom is 0.130 e. The van der Waals surface area contributed by atoms with E-state index in [9.17, 15) is 8.78 Å². The van der Waals surface area contributed by atoms with Gasteiger partial charge in [0.05, 0.1) is 6.04 Å². The molecular formula is C20H21F2N. The Hall–Kier alpha value is -2.00. The van der Waals surface area contributed by atoms with Gasteiger partial charge < -0.3 is 0 Å². The molecule has 120 valence electrons. The van der Waals surface area contributed by atoms with E-state index < -0.39 is 5.82 Å². The molecule has 2 aromatic carbocycles. The second-order valence-corrected chi connectivity index (χ2v) is 6.49. The second kappa shape index (κ2) is 6.63. The Morgan fingerprint density at radius 3 is 2.52 bits per heavy atom. The summed E-state index contributed by atoms with van der Waals surface area (Å²) in [6, 6.07) is 13.9. The van der Waals surface area contributed by atoms with Crippen LogP contribution in [-0.2, 0) is 0 Å². The van der Waals surface area contributed by atoms with Crippen LogP contribution in [-0.4, -0.2) is 18.0 Å². The van der Waals surface area contributed by atoms with Crippen molar-refractivity contribution in [3.63, 3.8) is 0 Å². The molecule has 1 heterocycles. The highest BCUT2D eigenvalue weighted by atomic mass is 19.1. The van der Waals surface area contributed by atoms with Crippen LogP contribution in [0.25, 0.3) is 5.57 Å². The van der Waals surface area contributed by atoms with E-state index in [2.05, 4.69) is 37.0 Å². The van der Waals surface area contributed by atoms with E-state index in [0.29, 0.717) is 18.0 Å². The molecule has 0 fully saturated rings. The topological polar surface area (TPSA) is 3.24 Å². The standard InChI is InChI=1S/C20H21F2N/c1-14(2)12-23-13-16(18-11-17(21)8-9-19(18)22)10-20(23)15-6-4-3-5-7-15/h3-11,14,20H,12-13H2,1-2H3. The minimum atomic E-state index is -0.402. The van der Waals surface area contributed by atoms with Gasteiger partial charge in [0, 0.05) is 18.7 Å². The number of halogens is 2. The van der Waals surface area contributed by atoms with E-state index in [1.807, 2.05) is 18.2 Å². The summed E-state index contributed by atoms with van der Waals surface area (Å²) in [6.45, 7) is 5.89. The molecule has 3 rings (SSSR count). The Balaban J connectivity index is 1.97. The lowest BCUT2D eigenvalue weighted by molar-refractivity contribution is 0.246. The minimum Gasteiger partial charge on any atom is -0.288 e. The molecule has 0 bridgehead atoms. The molecule has 1 unspecified atom stereocenters. The molecule has 1 aliphatic heterocycles. The first-order valence-electron chi connectivity index (χ1n) is 7.99. The molecule has 1 nitrogen and oxygen atoms in total. The minimum absolute atomic E-state index is 0.108. The summed E-state index contributed by atoms with van der Waals surface area (Å²) in [4.78, 5) is 2.32. The van der Waals surface area contributed by atoms with Gasteiger partial charge in [-0.2, -0.15) is 0 Å². The van der Waals surface area contributed by atoms with Gasteiger partial charge in [-0.3, -0.25) is 4.90 Å². The summed E-state index contributed by atoms with van der Waals surface area (Å²) in [5.74, 6) is -0.261. The monoisotopic (exact) mass is 313 g/mol. The van der Waals surface area contributed by atoms with E-state index >= 15 is 0 Å². The molecule has 0 N–H and O–H groups in total. The zero-order valence-electron chi connectivity index (χ0n) is 13.5. The van der Waals surface area contributed by atoms with Crippen LogP contribution >= 0.6 is 0 Å². The zero-order valence-corrected chi connectivity index (χ0v) is 13.5. The van der Waals surface area contributed by atoms with Crippen molar-refractivity contribution in [2.75, 3.05) is 13.1 Å². The third kappa shape index (κ3) is 3.50. The molecule has 0 saturated heterocycles. The fourth-order valence-electron chi connectivity index (χ4n) is 3.19. The third-order valence-electron chi connectivity index (χ3n) is 4.14. The Morgan fingerprint density at radius 2 is 1.83 bits per heavy atom. The maximum absolute atomic E-state index is 14.1. The van der Waals surface area contributed by atoms with Crippen LogP contribution in [0.4, 0.5) is 8.78 Å². The van der Waals surface area contributed by atoms with Crippen LogP contribution in [0.1, 0.15) is 31.0 Å². The quantitative estimate of drug-likeness (QED) is 0.762. The fourth-order valence-corrected chi connectivity index (χ4v) is 3.19. The Bertz CT molecular complexity index is 707. The van der Waals surface area contributed by atoms with Crippen LogP contribution in [0.2, 0.25) is 0 Å². The van der Waals surface area contributed by atoms with Gasteiger partial charge in [-0.05, 0) is 35.3 Å². The summed E-state index contributed by atoms with van der Waals surface area (Å²) in [6.07, 6.45) is 2.07. The first-order chi connectivity index (χ1) is 11.0. The molecule has 23 heavy (non-hydrogen) atoms. The number of hydrogen-bond acceptors (Lipinski definition) is 1. The van der Waals surface area contributed by atoms with Crippen molar-refractivity contribution < 1.29 is 8.78 Å². The molecule has 0 saturated carbocycles. The Morgan fingerprint density at radius 1 is 1.09 bits per heavy atom.